The quantitative estimate of drug-likeness (QED) is 0.215. The number of hydrogen-bond acceptors (Lipinski definition) is 2. The molecule has 2 aliphatic rings. The molecule has 7 rings (SSSR count). The largest absolute Gasteiger partial charge is 0.376 e. The number of benzene rings is 5. The van der Waals surface area contributed by atoms with Crippen molar-refractivity contribution in [3.63, 3.8) is 0 Å². The topological polar surface area (TPSA) is 35.8 Å². The Labute approximate surface area is 241 Å². The molecule has 5 aromatic carbocycles. The number of nitrogens with zero attached hydrogens (tertiary/aromatic N) is 1. The Morgan fingerprint density at radius 2 is 1.57 bits per heavy atom. The highest BCUT2D eigenvalue weighted by Crippen LogP contribution is 2.45. The number of aryl methyl sites for hydroxylation is 2. The average molecular weight is 541 g/mol. The summed E-state index contributed by atoms with van der Waals surface area (Å²) in [7, 11) is 0. The summed E-state index contributed by atoms with van der Waals surface area (Å²) in [6.45, 7) is 6.54. The molecular formula is C37H33ClN2. The second kappa shape index (κ2) is 10.5. The number of nitrogens with one attached hydrogen (secondary N) is 1. The maximum absolute atomic E-state index is 9.34. The molecule has 0 radical (unpaired) electrons. The van der Waals surface area contributed by atoms with Crippen molar-refractivity contribution in [3.05, 3.63) is 118 Å². The van der Waals surface area contributed by atoms with E-state index >= 15 is 0 Å². The van der Waals surface area contributed by atoms with E-state index < -0.39 is 0 Å². The molecule has 1 heterocycles. The number of fused-ring (bicyclic) bond motifs is 6. The third-order valence-electron chi connectivity index (χ3n) is 8.12. The van der Waals surface area contributed by atoms with E-state index in [0.29, 0.717) is 5.56 Å². The van der Waals surface area contributed by atoms with Gasteiger partial charge in [-0.2, -0.15) is 5.26 Å². The van der Waals surface area contributed by atoms with Gasteiger partial charge in [0.15, 0.2) is 0 Å². The number of anilines is 1. The third-order valence-corrected chi connectivity index (χ3v) is 8.50. The summed E-state index contributed by atoms with van der Waals surface area (Å²) < 4.78 is 0. The van der Waals surface area contributed by atoms with Gasteiger partial charge in [0.2, 0.25) is 0 Å². The van der Waals surface area contributed by atoms with Gasteiger partial charge in [0, 0.05) is 22.2 Å². The lowest BCUT2D eigenvalue weighted by atomic mass is 9.84. The highest BCUT2D eigenvalue weighted by molar-refractivity contribution is 6.42. The van der Waals surface area contributed by atoms with Crippen molar-refractivity contribution in [3.8, 4) is 17.2 Å². The Morgan fingerprint density at radius 3 is 2.40 bits per heavy atom. The van der Waals surface area contributed by atoms with Gasteiger partial charge in [-0.05, 0) is 103 Å². The SMILES string of the molecule is CC1=CC(C)(C)Nc2ccccc21.N#Cc1cccc(-c2c(Cl)c3c4c(ccc3c3ccccc23)CCCC4)c1. The van der Waals surface area contributed by atoms with Gasteiger partial charge in [-0.15, -0.1) is 0 Å². The van der Waals surface area contributed by atoms with Crippen LogP contribution in [0.15, 0.2) is 91.0 Å². The molecule has 0 bridgehead atoms. The number of nitriles is 1. The Hall–Kier alpha value is -4.06. The molecule has 198 valence electrons. The van der Waals surface area contributed by atoms with Gasteiger partial charge in [-0.25, -0.2) is 0 Å². The van der Waals surface area contributed by atoms with Gasteiger partial charge in [0.05, 0.1) is 22.2 Å². The van der Waals surface area contributed by atoms with E-state index in [1.807, 2.05) is 18.2 Å². The van der Waals surface area contributed by atoms with Crippen molar-refractivity contribution < 1.29 is 0 Å². The predicted octanol–water partition coefficient (Wildman–Crippen LogP) is 10.4. The highest BCUT2D eigenvalue weighted by Gasteiger charge is 2.22. The van der Waals surface area contributed by atoms with Crippen LogP contribution < -0.4 is 5.32 Å². The van der Waals surface area contributed by atoms with Crippen LogP contribution in [0.1, 0.15) is 55.9 Å². The second-order valence-electron chi connectivity index (χ2n) is 11.5. The molecule has 0 unspecified atom stereocenters. The first-order valence-corrected chi connectivity index (χ1v) is 14.5. The minimum atomic E-state index is 0.0818. The lowest BCUT2D eigenvalue weighted by Gasteiger charge is -2.31. The minimum Gasteiger partial charge on any atom is -0.376 e. The summed E-state index contributed by atoms with van der Waals surface area (Å²) >= 11 is 7.10. The number of para-hydroxylation sites is 1. The first kappa shape index (κ1) is 26.2. The maximum Gasteiger partial charge on any atom is 0.0991 e. The highest BCUT2D eigenvalue weighted by atomic mass is 35.5. The van der Waals surface area contributed by atoms with Crippen molar-refractivity contribution in [1.29, 1.82) is 5.26 Å². The molecule has 5 aromatic rings. The molecule has 1 N–H and O–H groups in total. The van der Waals surface area contributed by atoms with Gasteiger partial charge >= 0.3 is 0 Å². The van der Waals surface area contributed by atoms with Crippen LogP contribution in [0, 0.1) is 11.3 Å². The monoisotopic (exact) mass is 540 g/mol. The van der Waals surface area contributed by atoms with Crippen molar-refractivity contribution in [2.75, 3.05) is 5.32 Å². The molecule has 1 aliphatic carbocycles. The zero-order chi connectivity index (χ0) is 27.9. The van der Waals surface area contributed by atoms with Crippen LogP contribution in [0.2, 0.25) is 5.02 Å². The van der Waals surface area contributed by atoms with Gasteiger partial charge in [-0.1, -0.05) is 84.4 Å². The van der Waals surface area contributed by atoms with Gasteiger partial charge in [0.1, 0.15) is 0 Å². The van der Waals surface area contributed by atoms with E-state index in [0.717, 1.165) is 34.4 Å². The summed E-state index contributed by atoms with van der Waals surface area (Å²) in [5.41, 5.74) is 9.55. The van der Waals surface area contributed by atoms with Crippen LogP contribution in [0.5, 0.6) is 0 Å². The molecular weight excluding hydrogens is 508 g/mol. The standard InChI is InChI=1S/C25H18ClN.C12H15N/c26-25-23(18-8-5-6-16(14-18)15-27)21-11-4-3-10-20(21)22-13-12-17-7-1-2-9-19(17)24(22)25;1-9-8-12(2,3)13-11-7-5-4-6-10(9)11/h3-6,8,10-14H,1-2,7,9H2;4-8,13H,1-3H3. The van der Waals surface area contributed by atoms with Crippen LogP contribution in [-0.2, 0) is 12.8 Å². The number of allylic oxidation sites excluding steroid dienone is 1. The second-order valence-corrected chi connectivity index (χ2v) is 11.9. The molecule has 3 heteroatoms. The fraction of sp³-hybridized carbons (Fsp3) is 0.216. The fourth-order valence-corrected chi connectivity index (χ4v) is 6.87. The van der Waals surface area contributed by atoms with Gasteiger partial charge in [0.25, 0.3) is 0 Å². The average Bonchev–Trinajstić information content (AvgIpc) is 2.97. The van der Waals surface area contributed by atoms with E-state index in [1.54, 1.807) is 0 Å². The first-order valence-electron chi connectivity index (χ1n) is 14.1. The van der Waals surface area contributed by atoms with Crippen molar-refractivity contribution in [2.45, 2.75) is 52.0 Å². The van der Waals surface area contributed by atoms with Gasteiger partial charge < -0.3 is 5.32 Å². The summed E-state index contributed by atoms with van der Waals surface area (Å²) in [6.07, 6.45) is 6.96. The number of hydrogen-bond donors (Lipinski definition) is 1. The molecule has 2 nitrogen and oxygen atoms in total. The van der Waals surface area contributed by atoms with Crippen molar-refractivity contribution in [2.24, 2.45) is 0 Å². The number of rotatable bonds is 1. The van der Waals surface area contributed by atoms with Crippen molar-refractivity contribution >= 4 is 44.4 Å². The number of halogens is 1. The predicted molar refractivity (Wildman–Crippen MR) is 171 cm³/mol. The zero-order valence-corrected chi connectivity index (χ0v) is 24.1. The molecule has 40 heavy (non-hydrogen) atoms. The maximum atomic E-state index is 9.34. The van der Waals surface area contributed by atoms with E-state index in [4.69, 9.17) is 11.6 Å². The lowest BCUT2D eigenvalue weighted by Crippen LogP contribution is -2.31. The van der Waals surface area contributed by atoms with E-state index in [1.165, 1.54) is 57.0 Å². The van der Waals surface area contributed by atoms with Crippen LogP contribution in [0.25, 0.3) is 38.2 Å². The normalized spacial score (nSPS) is 15.1. The summed E-state index contributed by atoms with van der Waals surface area (Å²) in [5, 5.41) is 18.4. The molecule has 0 aromatic heterocycles. The van der Waals surface area contributed by atoms with E-state index in [2.05, 4.69) is 105 Å². The molecule has 0 saturated heterocycles. The fourth-order valence-electron chi connectivity index (χ4n) is 6.45. The Kier molecular flexibility index (Phi) is 6.87. The Morgan fingerprint density at radius 1 is 0.825 bits per heavy atom. The smallest absolute Gasteiger partial charge is 0.0991 e. The summed E-state index contributed by atoms with van der Waals surface area (Å²) in [5.74, 6) is 0. The van der Waals surface area contributed by atoms with E-state index in [-0.39, 0.29) is 5.54 Å². The molecule has 0 atom stereocenters. The molecule has 0 amide bonds. The third kappa shape index (κ3) is 4.76. The molecule has 1 aliphatic heterocycles. The van der Waals surface area contributed by atoms with Crippen LogP contribution in [0.4, 0.5) is 5.69 Å². The Balaban J connectivity index is 0.000000187. The van der Waals surface area contributed by atoms with E-state index in [9.17, 15) is 5.26 Å². The van der Waals surface area contributed by atoms with Crippen LogP contribution >= 0.6 is 11.6 Å². The summed E-state index contributed by atoms with van der Waals surface area (Å²) in [6, 6.07) is 31.4. The van der Waals surface area contributed by atoms with Crippen LogP contribution in [0.3, 0.4) is 0 Å². The van der Waals surface area contributed by atoms with Gasteiger partial charge in [-0.3, -0.25) is 0 Å². The first-order chi connectivity index (χ1) is 19.4. The molecule has 0 fully saturated rings. The molecule has 0 spiro atoms. The lowest BCUT2D eigenvalue weighted by molar-refractivity contribution is 0.690. The Bertz CT molecular complexity index is 1840. The van der Waals surface area contributed by atoms with Crippen molar-refractivity contribution in [1.82, 2.24) is 0 Å². The molecule has 0 saturated carbocycles. The minimum absolute atomic E-state index is 0.0818. The van der Waals surface area contributed by atoms with Crippen LogP contribution in [-0.4, -0.2) is 5.54 Å². The summed E-state index contributed by atoms with van der Waals surface area (Å²) in [4.78, 5) is 0. The zero-order valence-electron chi connectivity index (χ0n) is 23.3.